The molecule has 2 aromatic heterocycles. The number of halogens is 1. The Bertz CT molecular complexity index is 824. The number of imidazole rings is 1. The van der Waals surface area contributed by atoms with Crippen LogP contribution >= 0.6 is 0 Å². The number of nitrogens with zero attached hydrogens (tertiary/aromatic N) is 4. The average molecular weight is 298 g/mol. The maximum Gasteiger partial charge on any atom is 0.156 e. The number of rotatable bonds is 3. The molecule has 0 atom stereocenters. The summed E-state index contributed by atoms with van der Waals surface area (Å²) < 4.78 is 14.9. The van der Waals surface area contributed by atoms with Crippen molar-refractivity contribution in [1.29, 1.82) is 0 Å². The zero-order valence-corrected chi connectivity index (χ0v) is 11.9. The van der Waals surface area contributed by atoms with Crippen molar-refractivity contribution in [1.82, 2.24) is 14.4 Å². The van der Waals surface area contributed by atoms with Crippen LogP contribution in [0.5, 0.6) is 0 Å². The molecular formula is C16H15FN4O. The molecule has 1 N–H and O–H groups in total. The Hall–Kier alpha value is -2.47. The molecule has 0 bridgehead atoms. The van der Waals surface area contributed by atoms with Gasteiger partial charge in [-0.2, -0.15) is 0 Å². The Kier molecular flexibility index (Phi) is 3.04. The molecule has 6 heteroatoms. The Labute approximate surface area is 126 Å². The molecule has 0 saturated carbocycles. The Morgan fingerprint density at radius 1 is 1.18 bits per heavy atom. The fraction of sp³-hybridized carbons (Fsp3) is 0.250. The molecule has 5 nitrogen and oxygen atoms in total. The first-order chi connectivity index (χ1) is 10.8. The lowest BCUT2D eigenvalue weighted by Crippen LogP contribution is -2.37. The minimum Gasteiger partial charge on any atom is -0.390 e. The molecule has 4 rings (SSSR count). The summed E-state index contributed by atoms with van der Waals surface area (Å²) in [6, 6.07) is 6.12. The van der Waals surface area contributed by atoms with E-state index in [1.165, 1.54) is 18.6 Å². The fourth-order valence-corrected chi connectivity index (χ4v) is 2.69. The van der Waals surface area contributed by atoms with Crippen LogP contribution in [-0.2, 0) is 6.61 Å². The summed E-state index contributed by atoms with van der Waals surface area (Å²) in [4.78, 5) is 11.1. The van der Waals surface area contributed by atoms with Crippen LogP contribution in [0.4, 0.5) is 10.2 Å². The van der Waals surface area contributed by atoms with Crippen LogP contribution in [0.15, 0.2) is 36.7 Å². The number of benzene rings is 1. The Balaban J connectivity index is 1.86. The van der Waals surface area contributed by atoms with Gasteiger partial charge < -0.3 is 10.0 Å². The van der Waals surface area contributed by atoms with E-state index < -0.39 is 0 Å². The van der Waals surface area contributed by atoms with Crippen LogP contribution < -0.4 is 4.90 Å². The molecule has 1 aliphatic rings. The van der Waals surface area contributed by atoms with Gasteiger partial charge in [-0.3, -0.25) is 4.40 Å². The highest BCUT2D eigenvalue weighted by Crippen LogP contribution is 2.26. The Morgan fingerprint density at radius 3 is 2.59 bits per heavy atom. The lowest BCUT2D eigenvalue weighted by atomic mass is 10.1. The SMILES string of the molecule is OCc1c(-c2ccc(F)cc2)nc2cnc(N3CCC3)cn12. The van der Waals surface area contributed by atoms with E-state index in [9.17, 15) is 9.50 Å². The van der Waals surface area contributed by atoms with E-state index in [1.54, 1.807) is 18.3 Å². The van der Waals surface area contributed by atoms with Gasteiger partial charge in [-0.1, -0.05) is 0 Å². The third-order valence-electron chi connectivity index (χ3n) is 4.04. The predicted octanol–water partition coefficient (Wildman–Crippen LogP) is 2.24. The van der Waals surface area contributed by atoms with Crippen molar-refractivity contribution in [3.63, 3.8) is 0 Å². The van der Waals surface area contributed by atoms with Crippen molar-refractivity contribution in [2.24, 2.45) is 0 Å². The summed E-state index contributed by atoms with van der Waals surface area (Å²) in [6.07, 6.45) is 4.79. The normalized spacial score (nSPS) is 14.4. The monoisotopic (exact) mass is 298 g/mol. The maximum atomic E-state index is 13.1. The number of aliphatic hydroxyl groups excluding tert-OH is 1. The summed E-state index contributed by atoms with van der Waals surface area (Å²) in [5.41, 5.74) is 2.79. The van der Waals surface area contributed by atoms with Crippen molar-refractivity contribution < 1.29 is 9.50 Å². The summed E-state index contributed by atoms with van der Waals surface area (Å²) in [5.74, 6) is 0.594. The largest absolute Gasteiger partial charge is 0.390 e. The summed E-state index contributed by atoms with van der Waals surface area (Å²) in [7, 11) is 0. The summed E-state index contributed by atoms with van der Waals surface area (Å²) >= 11 is 0. The third-order valence-corrected chi connectivity index (χ3v) is 4.04. The number of aliphatic hydroxyl groups is 1. The van der Waals surface area contributed by atoms with Crippen LogP contribution in [-0.4, -0.2) is 32.6 Å². The highest BCUT2D eigenvalue weighted by molar-refractivity contribution is 5.66. The van der Waals surface area contributed by atoms with E-state index in [0.717, 1.165) is 24.5 Å². The van der Waals surface area contributed by atoms with Gasteiger partial charge in [0.25, 0.3) is 0 Å². The second-order valence-corrected chi connectivity index (χ2v) is 5.39. The van der Waals surface area contributed by atoms with E-state index in [0.29, 0.717) is 17.0 Å². The molecule has 0 amide bonds. The minimum absolute atomic E-state index is 0.142. The molecule has 1 saturated heterocycles. The fourth-order valence-electron chi connectivity index (χ4n) is 2.69. The highest BCUT2D eigenvalue weighted by atomic mass is 19.1. The topological polar surface area (TPSA) is 53.7 Å². The molecule has 3 heterocycles. The molecule has 3 aromatic rings. The van der Waals surface area contributed by atoms with Crippen molar-refractivity contribution in [2.75, 3.05) is 18.0 Å². The van der Waals surface area contributed by atoms with Crippen molar-refractivity contribution in [2.45, 2.75) is 13.0 Å². The lowest BCUT2D eigenvalue weighted by molar-refractivity contribution is 0.276. The molecule has 22 heavy (non-hydrogen) atoms. The maximum absolute atomic E-state index is 13.1. The molecule has 0 spiro atoms. The number of hydrogen-bond donors (Lipinski definition) is 1. The number of aromatic nitrogens is 3. The van der Waals surface area contributed by atoms with E-state index in [-0.39, 0.29) is 12.4 Å². The average Bonchev–Trinajstić information content (AvgIpc) is 2.84. The Morgan fingerprint density at radius 2 is 1.95 bits per heavy atom. The van der Waals surface area contributed by atoms with Crippen molar-refractivity contribution >= 4 is 11.5 Å². The van der Waals surface area contributed by atoms with E-state index >= 15 is 0 Å². The van der Waals surface area contributed by atoms with Crippen molar-refractivity contribution in [3.05, 3.63) is 48.2 Å². The van der Waals surface area contributed by atoms with Gasteiger partial charge in [-0.15, -0.1) is 0 Å². The smallest absolute Gasteiger partial charge is 0.156 e. The van der Waals surface area contributed by atoms with Gasteiger partial charge in [0.1, 0.15) is 11.6 Å². The molecule has 0 unspecified atom stereocenters. The molecule has 0 aliphatic carbocycles. The van der Waals surface area contributed by atoms with E-state index in [1.807, 2.05) is 10.6 Å². The van der Waals surface area contributed by atoms with Gasteiger partial charge >= 0.3 is 0 Å². The van der Waals surface area contributed by atoms with Crippen molar-refractivity contribution in [3.8, 4) is 11.3 Å². The van der Waals surface area contributed by atoms with Gasteiger partial charge in [0, 0.05) is 18.7 Å². The van der Waals surface area contributed by atoms with Gasteiger partial charge in [-0.25, -0.2) is 14.4 Å². The van der Waals surface area contributed by atoms with E-state index in [2.05, 4.69) is 14.9 Å². The molecule has 1 aliphatic heterocycles. The number of fused-ring (bicyclic) bond motifs is 1. The number of hydrogen-bond acceptors (Lipinski definition) is 4. The predicted molar refractivity (Wildman–Crippen MR) is 81.1 cm³/mol. The molecule has 112 valence electrons. The molecule has 1 fully saturated rings. The van der Waals surface area contributed by atoms with Crippen LogP contribution in [0.1, 0.15) is 12.1 Å². The first kappa shape index (κ1) is 13.2. The van der Waals surface area contributed by atoms with Crippen LogP contribution in [0.25, 0.3) is 16.9 Å². The van der Waals surface area contributed by atoms with Gasteiger partial charge in [0.05, 0.1) is 30.4 Å². The zero-order valence-electron chi connectivity index (χ0n) is 11.9. The first-order valence-corrected chi connectivity index (χ1v) is 7.25. The second-order valence-electron chi connectivity index (χ2n) is 5.39. The minimum atomic E-state index is -0.292. The molecule has 1 aromatic carbocycles. The summed E-state index contributed by atoms with van der Waals surface area (Å²) in [5, 5.41) is 9.75. The second kappa shape index (κ2) is 5.06. The number of anilines is 1. The third kappa shape index (κ3) is 2.03. The molecular weight excluding hydrogens is 283 g/mol. The standard InChI is InChI=1S/C16H15FN4O/c17-12-4-2-11(3-5-12)16-13(10-22)21-9-15(20-6-1-7-20)18-8-14(21)19-16/h2-5,8-9,22H,1,6-7,10H2. The van der Waals surface area contributed by atoms with Crippen LogP contribution in [0.2, 0.25) is 0 Å². The lowest BCUT2D eigenvalue weighted by Gasteiger charge is -2.31. The van der Waals surface area contributed by atoms with E-state index in [4.69, 9.17) is 0 Å². The molecule has 0 radical (unpaired) electrons. The van der Waals surface area contributed by atoms with Crippen LogP contribution in [0.3, 0.4) is 0 Å². The van der Waals surface area contributed by atoms with Gasteiger partial charge in [-0.05, 0) is 30.7 Å². The van der Waals surface area contributed by atoms with Gasteiger partial charge in [0.15, 0.2) is 5.65 Å². The summed E-state index contributed by atoms with van der Waals surface area (Å²) in [6.45, 7) is 1.87. The highest BCUT2D eigenvalue weighted by Gasteiger charge is 2.19. The quantitative estimate of drug-likeness (QED) is 0.805. The zero-order chi connectivity index (χ0) is 15.1. The van der Waals surface area contributed by atoms with Crippen LogP contribution in [0, 0.1) is 5.82 Å². The van der Waals surface area contributed by atoms with Gasteiger partial charge in [0.2, 0.25) is 0 Å². The first-order valence-electron chi connectivity index (χ1n) is 7.25.